The number of amides is 2. The summed E-state index contributed by atoms with van der Waals surface area (Å²) in [7, 11) is 3.01. The summed E-state index contributed by atoms with van der Waals surface area (Å²) < 4.78 is 12.2. The summed E-state index contributed by atoms with van der Waals surface area (Å²) in [6.07, 6.45) is 0. The highest BCUT2D eigenvalue weighted by molar-refractivity contribution is 7.99. The molecule has 13 heteroatoms. The monoisotopic (exact) mass is 514 g/mol. The van der Waals surface area contributed by atoms with E-state index in [-0.39, 0.29) is 29.8 Å². The molecule has 3 aromatic rings. The summed E-state index contributed by atoms with van der Waals surface area (Å²) in [5.41, 5.74) is 1.46. The first kappa shape index (κ1) is 26.5. The number of methoxy groups -OCH3 is 2. The number of hydrogen-bond acceptors (Lipinski definition) is 9. The number of nitro groups is 1. The van der Waals surface area contributed by atoms with Gasteiger partial charge in [0.2, 0.25) is 5.91 Å². The maximum Gasteiger partial charge on any atom is 0.269 e. The molecule has 0 fully saturated rings. The molecule has 1 aromatic heterocycles. The SMILES string of the molecule is CCn1c(CNC(=O)c2ccc(OC)c(OC)c2)nnc1SCC(=O)Nc1ccc([N+](=O)[O-])cc1C. The van der Waals surface area contributed by atoms with Gasteiger partial charge >= 0.3 is 0 Å². The Morgan fingerprint density at radius 3 is 2.50 bits per heavy atom. The Bertz CT molecular complexity index is 1280. The van der Waals surface area contributed by atoms with Gasteiger partial charge in [-0.1, -0.05) is 11.8 Å². The van der Waals surface area contributed by atoms with Crippen molar-refractivity contribution in [3.05, 3.63) is 63.5 Å². The summed E-state index contributed by atoms with van der Waals surface area (Å²) in [6.45, 7) is 4.28. The van der Waals surface area contributed by atoms with Crippen LogP contribution in [0.4, 0.5) is 11.4 Å². The standard InChI is InChI=1S/C23H26N6O6S/c1-5-28-20(12-24-22(31)15-6-9-18(34-3)19(11-15)35-4)26-27-23(28)36-13-21(30)25-17-8-7-16(29(32)33)10-14(17)2/h6-11H,5,12-13H2,1-4H3,(H,24,31)(H,25,30). The molecular weight excluding hydrogens is 488 g/mol. The summed E-state index contributed by atoms with van der Waals surface area (Å²) >= 11 is 1.20. The van der Waals surface area contributed by atoms with E-state index in [2.05, 4.69) is 20.8 Å². The molecule has 0 unspecified atom stereocenters. The normalized spacial score (nSPS) is 10.6. The maximum absolute atomic E-state index is 12.6. The number of non-ortho nitro benzene ring substituents is 1. The Kier molecular flexibility index (Phi) is 8.84. The van der Waals surface area contributed by atoms with E-state index in [1.807, 2.05) is 11.5 Å². The van der Waals surface area contributed by atoms with Crippen molar-refractivity contribution in [2.24, 2.45) is 0 Å². The van der Waals surface area contributed by atoms with Gasteiger partial charge < -0.3 is 24.7 Å². The van der Waals surface area contributed by atoms with E-state index >= 15 is 0 Å². The number of hydrogen-bond donors (Lipinski definition) is 2. The third kappa shape index (κ3) is 6.30. The third-order valence-corrected chi connectivity index (χ3v) is 6.16. The van der Waals surface area contributed by atoms with E-state index < -0.39 is 4.92 Å². The lowest BCUT2D eigenvalue weighted by atomic mass is 10.2. The molecule has 1 heterocycles. The quantitative estimate of drug-likeness (QED) is 0.223. The molecule has 36 heavy (non-hydrogen) atoms. The Balaban J connectivity index is 1.59. The largest absolute Gasteiger partial charge is 0.493 e. The summed E-state index contributed by atoms with van der Waals surface area (Å²) in [5.74, 6) is 0.976. The molecule has 0 aliphatic heterocycles. The number of thioether (sulfide) groups is 1. The fraction of sp³-hybridized carbons (Fsp3) is 0.304. The molecule has 0 bridgehead atoms. The average Bonchev–Trinajstić information content (AvgIpc) is 3.28. The van der Waals surface area contributed by atoms with E-state index in [4.69, 9.17) is 9.47 Å². The van der Waals surface area contributed by atoms with Crippen molar-refractivity contribution < 1.29 is 24.0 Å². The van der Waals surface area contributed by atoms with Crippen LogP contribution in [0.3, 0.4) is 0 Å². The highest BCUT2D eigenvalue weighted by atomic mass is 32.2. The molecule has 2 N–H and O–H groups in total. The molecule has 0 atom stereocenters. The number of aromatic nitrogens is 3. The lowest BCUT2D eigenvalue weighted by Gasteiger charge is -2.11. The number of nitrogens with zero attached hydrogens (tertiary/aromatic N) is 4. The lowest BCUT2D eigenvalue weighted by molar-refractivity contribution is -0.384. The molecular formula is C23H26N6O6S. The number of nitro benzene ring substituents is 1. The van der Waals surface area contributed by atoms with Crippen molar-refractivity contribution in [1.82, 2.24) is 20.1 Å². The minimum atomic E-state index is -0.486. The minimum absolute atomic E-state index is 0.0401. The molecule has 2 aromatic carbocycles. The smallest absolute Gasteiger partial charge is 0.269 e. The fourth-order valence-corrected chi connectivity index (χ4v) is 4.15. The summed E-state index contributed by atoms with van der Waals surface area (Å²) in [5, 5.41) is 25.3. The molecule has 12 nitrogen and oxygen atoms in total. The first-order chi connectivity index (χ1) is 17.3. The van der Waals surface area contributed by atoms with Crippen molar-refractivity contribution in [2.45, 2.75) is 32.1 Å². The molecule has 3 rings (SSSR count). The zero-order chi connectivity index (χ0) is 26.2. The number of nitrogens with one attached hydrogen (secondary N) is 2. The van der Waals surface area contributed by atoms with Crippen molar-refractivity contribution in [1.29, 1.82) is 0 Å². The Morgan fingerprint density at radius 2 is 1.86 bits per heavy atom. The highest BCUT2D eigenvalue weighted by Crippen LogP contribution is 2.27. The van der Waals surface area contributed by atoms with Crippen LogP contribution in [0.1, 0.15) is 28.7 Å². The number of aryl methyl sites for hydroxylation is 1. The second kappa shape index (κ2) is 12.0. The highest BCUT2D eigenvalue weighted by Gasteiger charge is 2.16. The van der Waals surface area contributed by atoms with Gasteiger partial charge in [-0.2, -0.15) is 0 Å². The lowest BCUT2D eigenvalue weighted by Crippen LogP contribution is -2.25. The van der Waals surface area contributed by atoms with Gasteiger partial charge in [-0.15, -0.1) is 10.2 Å². The Labute approximate surface area is 211 Å². The topological polar surface area (TPSA) is 151 Å². The van der Waals surface area contributed by atoms with Crippen molar-refractivity contribution in [2.75, 3.05) is 25.3 Å². The van der Waals surface area contributed by atoms with Crippen LogP contribution in [-0.2, 0) is 17.9 Å². The summed E-state index contributed by atoms with van der Waals surface area (Å²) in [6, 6.07) is 9.12. The van der Waals surface area contributed by atoms with Gasteiger partial charge in [0.05, 0.1) is 31.4 Å². The van der Waals surface area contributed by atoms with Crippen LogP contribution in [0.5, 0.6) is 11.5 Å². The number of benzene rings is 2. The van der Waals surface area contributed by atoms with Gasteiger partial charge in [0.15, 0.2) is 22.5 Å². The molecule has 0 radical (unpaired) electrons. The van der Waals surface area contributed by atoms with E-state index in [0.717, 1.165) is 0 Å². The summed E-state index contributed by atoms with van der Waals surface area (Å²) in [4.78, 5) is 35.4. The van der Waals surface area contributed by atoms with Gasteiger partial charge in [-0.3, -0.25) is 19.7 Å². The van der Waals surface area contributed by atoms with Crippen LogP contribution < -0.4 is 20.1 Å². The van der Waals surface area contributed by atoms with Crippen LogP contribution >= 0.6 is 11.8 Å². The van der Waals surface area contributed by atoms with Gasteiger partial charge in [0.1, 0.15) is 0 Å². The molecule has 0 aliphatic rings. The van der Waals surface area contributed by atoms with Crippen LogP contribution in [-0.4, -0.2) is 51.5 Å². The van der Waals surface area contributed by atoms with Gasteiger partial charge in [0, 0.05) is 29.9 Å². The van der Waals surface area contributed by atoms with Crippen molar-refractivity contribution in [3.8, 4) is 11.5 Å². The first-order valence-electron chi connectivity index (χ1n) is 10.9. The predicted octanol–water partition coefficient (Wildman–Crippen LogP) is 3.19. The van der Waals surface area contributed by atoms with Gasteiger partial charge in [0.25, 0.3) is 11.6 Å². The number of ether oxygens (including phenoxy) is 2. The van der Waals surface area contributed by atoms with Crippen LogP contribution in [0.25, 0.3) is 0 Å². The number of anilines is 1. The Morgan fingerprint density at radius 1 is 1.11 bits per heavy atom. The predicted molar refractivity (Wildman–Crippen MR) is 134 cm³/mol. The zero-order valence-corrected chi connectivity index (χ0v) is 21.0. The molecule has 0 saturated heterocycles. The number of rotatable bonds is 11. The van der Waals surface area contributed by atoms with Crippen LogP contribution in [0.2, 0.25) is 0 Å². The van der Waals surface area contributed by atoms with Crippen LogP contribution in [0, 0.1) is 17.0 Å². The molecule has 0 spiro atoms. The van der Waals surface area contributed by atoms with Crippen LogP contribution in [0.15, 0.2) is 41.6 Å². The Hall–Kier alpha value is -4.13. The molecule has 2 amide bonds. The molecule has 0 aliphatic carbocycles. The van der Waals surface area contributed by atoms with E-state index in [1.165, 1.54) is 44.2 Å². The number of carbonyl (C=O) groups excluding carboxylic acids is 2. The van der Waals surface area contributed by atoms with Gasteiger partial charge in [-0.05, 0) is 43.7 Å². The van der Waals surface area contributed by atoms with Gasteiger partial charge in [-0.25, -0.2) is 0 Å². The first-order valence-corrected chi connectivity index (χ1v) is 11.9. The minimum Gasteiger partial charge on any atom is -0.493 e. The number of carbonyl (C=O) groups is 2. The fourth-order valence-electron chi connectivity index (χ4n) is 3.33. The molecule has 190 valence electrons. The van der Waals surface area contributed by atoms with E-state index in [1.54, 1.807) is 25.1 Å². The maximum atomic E-state index is 12.6. The second-order valence-corrected chi connectivity index (χ2v) is 8.43. The third-order valence-electron chi connectivity index (χ3n) is 5.19. The van der Waals surface area contributed by atoms with Crippen molar-refractivity contribution >= 4 is 35.0 Å². The van der Waals surface area contributed by atoms with E-state index in [9.17, 15) is 19.7 Å². The zero-order valence-electron chi connectivity index (χ0n) is 20.2. The van der Waals surface area contributed by atoms with Crippen molar-refractivity contribution in [3.63, 3.8) is 0 Å². The average molecular weight is 515 g/mol. The second-order valence-electron chi connectivity index (χ2n) is 7.49. The molecule has 0 saturated carbocycles. The van der Waals surface area contributed by atoms with E-state index in [0.29, 0.717) is 45.8 Å².